The van der Waals surface area contributed by atoms with Crippen molar-refractivity contribution in [1.82, 2.24) is 0 Å². The lowest BCUT2D eigenvalue weighted by atomic mass is 9.86. The van der Waals surface area contributed by atoms with E-state index in [1.54, 1.807) is 5.56 Å². The van der Waals surface area contributed by atoms with Crippen molar-refractivity contribution in [2.45, 2.75) is 51.0 Å². The van der Waals surface area contributed by atoms with E-state index in [0.717, 1.165) is 0 Å². The van der Waals surface area contributed by atoms with Crippen molar-refractivity contribution < 1.29 is 0 Å². The fourth-order valence-corrected chi connectivity index (χ4v) is 4.94. The summed E-state index contributed by atoms with van der Waals surface area (Å²) < 4.78 is 0. The first-order valence-electron chi connectivity index (χ1n) is 9.99. The van der Waals surface area contributed by atoms with E-state index in [-0.39, 0.29) is 0 Å². The van der Waals surface area contributed by atoms with Crippen molar-refractivity contribution >= 4 is 42.6 Å². The molecule has 4 aromatic rings. The maximum Gasteiger partial charge on any atom is 0.00279 e. The first-order chi connectivity index (χ1) is 12.3. The van der Waals surface area contributed by atoms with Crippen LogP contribution in [0.15, 0.2) is 54.6 Å². The molecule has 4 aromatic carbocycles. The normalized spacial score (nSPS) is 13.3. The Morgan fingerprint density at radius 3 is 1.96 bits per heavy atom. The van der Waals surface area contributed by atoms with Crippen molar-refractivity contribution in [2.75, 3.05) is 0 Å². The highest BCUT2D eigenvalue weighted by molar-refractivity contribution is 6.23. The molecule has 0 nitrogen and oxygen atoms in total. The fourth-order valence-electron chi connectivity index (χ4n) is 4.44. The summed E-state index contributed by atoms with van der Waals surface area (Å²) in [5, 5.41) is 8.43. The van der Waals surface area contributed by atoms with E-state index in [4.69, 9.17) is 0 Å². The molecule has 0 aliphatic carbocycles. The molecule has 0 aliphatic rings. The molecule has 0 saturated carbocycles. The Hall–Kier alpha value is -1.86. The Kier molecular flexibility index (Phi) is 4.76. The minimum Gasteiger partial charge on any atom is -0.0658 e. The predicted molar refractivity (Wildman–Crippen MR) is 116 cm³/mol. The average molecular weight is 345 g/mol. The Bertz CT molecular complexity index is 922. The molecule has 128 valence electrons. The highest BCUT2D eigenvalue weighted by Crippen LogP contribution is 2.37. The van der Waals surface area contributed by atoms with Crippen LogP contribution >= 0.6 is 0 Å². The second kappa shape index (κ2) is 7.17. The minimum absolute atomic E-state index is 0.705. The van der Waals surface area contributed by atoms with Crippen molar-refractivity contribution in [3.05, 3.63) is 60.2 Å². The Balaban J connectivity index is 1.78. The Morgan fingerprint density at radius 2 is 1.36 bits per heavy atom. The van der Waals surface area contributed by atoms with Gasteiger partial charge in [0, 0.05) is 10.2 Å². The number of hydrogen-bond acceptors (Lipinski definition) is 0. The van der Waals surface area contributed by atoms with E-state index < -0.39 is 0 Å². The van der Waals surface area contributed by atoms with Crippen LogP contribution < -0.4 is 0 Å². The molecule has 0 bridgehead atoms. The van der Waals surface area contributed by atoms with Crippen LogP contribution in [-0.2, 0) is 0 Å². The van der Waals surface area contributed by atoms with Gasteiger partial charge in [0.1, 0.15) is 0 Å². The van der Waals surface area contributed by atoms with Crippen molar-refractivity contribution in [1.29, 1.82) is 0 Å². The van der Waals surface area contributed by atoms with E-state index >= 15 is 0 Å². The molecule has 0 radical (unpaired) electrons. The van der Waals surface area contributed by atoms with Gasteiger partial charge in [-0.3, -0.25) is 0 Å². The molecule has 1 atom stereocenters. The van der Waals surface area contributed by atoms with E-state index in [9.17, 15) is 0 Å². The molecule has 0 heterocycles. The smallest absolute Gasteiger partial charge is 0.00279 e. The SMILES string of the molecule is CCC(CCCCC[SiH3])c1cc2ccc3cccc4ccc(c1)c2c34. The third kappa shape index (κ3) is 3.06. The largest absolute Gasteiger partial charge is 0.0658 e. The molecule has 0 amide bonds. The van der Waals surface area contributed by atoms with Crippen LogP contribution in [0.5, 0.6) is 0 Å². The molecule has 1 unspecified atom stereocenters. The maximum atomic E-state index is 2.47. The van der Waals surface area contributed by atoms with Gasteiger partial charge in [0.2, 0.25) is 0 Å². The summed E-state index contributed by atoms with van der Waals surface area (Å²) in [5.74, 6) is 0.705. The first-order valence-corrected chi connectivity index (χ1v) is 11.4. The van der Waals surface area contributed by atoms with Crippen molar-refractivity contribution in [2.24, 2.45) is 0 Å². The summed E-state index contributed by atoms with van der Waals surface area (Å²) in [7, 11) is 1.36. The molecule has 25 heavy (non-hydrogen) atoms. The molecule has 0 aromatic heterocycles. The van der Waals surface area contributed by atoms with E-state index in [1.807, 2.05) is 0 Å². The zero-order chi connectivity index (χ0) is 17.2. The van der Waals surface area contributed by atoms with Crippen LogP contribution in [0.25, 0.3) is 32.3 Å². The van der Waals surface area contributed by atoms with Gasteiger partial charge < -0.3 is 0 Å². The van der Waals surface area contributed by atoms with Gasteiger partial charge in [0.15, 0.2) is 0 Å². The quantitative estimate of drug-likeness (QED) is 0.206. The van der Waals surface area contributed by atoms with Gasteiger partial charge in [-0.05, 0) is 56.6 Å². The molecule has 0 saturated heterocycles. The highest BCUT2D eigenvalue weighted by atomic mass is 28.1. The summed E-state index contributed by atoms with van der Waals surface area (Å²) in [6.45, 7) is 2.35. The standard InChI is InChI=1S/C24H28Si/c1-2-17(7-4-3-5-14-25)22-15-20-12-10-18-8-6-9-19-11-13-21(16-22)24(20)23(18)19/h6,8-13,15-17H,2-5,7,14H2,1,25H3. The summed E-state index contributed by atoms with van der Waals surface area (Å²) in [5.41, 5.74) is 1.54. The van der Waals surface area contributed by atoms with Gasteiger partial charge in [-0.15, -0.1) is 0 Å². The number of benzene rings is 4. The minimum atomic E-state index is 0.705. The molecule has 0 fully saturated rings. The Labute approximate surface area is 154 Å². The van der Waals surface area contributed by atoms with E-state index in [0.29, 0.717) is 5.92 Å². The van der Waals surface area contributed by atoms with Gasteiger partial charge in [-0.25, -0.2) is 0 Å². The number of hydrogen-bond donors (Lipinski definition) is 0. The lowest BCUT2D eigenvalue weighted by Gasteiger charge is -2.18. The van der Waals surface area contributed by atoms with Gasteiger partial charge in [-0.2, -0.15) is 0 Å². The third-order valence-corrected chi connectivity index (χ3v) is 6.56. The molecule has 0 spiro atoms. The third-order valence-electron chi connectivity index (χ3n) is 5.86. The summed E-state index contributed by atoms with van der Waals surface area (Å²) in [6, 6.07) is 22.3. The van der Waals surface area contributed by atoms with Crippen LogP contribution in [0.4, 0.5) is 0 Å². The van der Waals surface area contributed by atoms with E-state index in [2.05, 4.69) is 61.5 Å². The van der Waals surface area contributed by atoms with Gasteiger partial charge in [0.25, 0.3) is 0 Å². The van der Waals surface area contributed by atoms with Crippen LogP contribution in [-0.4, -0.2) is 10.2 Å². The first kappa shape index (κ1) is 16.6. The molecule has 4 rings (SSSR count). The zero-order valence-corrected chi connectivity index (χ0v) is 17.5. The van der Waals surface area contributed by atoms with Crippen molar-refractivity contribution in [3.8, 4) is 0 Å². The van der Waals surface area contributed by atoms with Crippen LogP contribution in [0.2, 0.25) is 6.04 Å². The van der Waals surface area contributed by atoms with Gasteiger partial charge in [0.05, 0.1) is 0 Å². The van der Waals surface area contributed by atoms with Gasteiger partial charge >= 0.3 is 0 Å². The maximum absolute atomic E-state index is 2.47. The molecule has 0 N–H and O–H groups in total. The molecule has 0 aliphatic heterocycles. The average Bonchev–Trinajstić information content (AvgIpc) is 2.66. The second-order valence-electron chi connectivity index (χ2n) is 7.51. The monoisotopic (exact) mass is 344 g/mol. The zero-order valence-electron chi connectivity index (χ0n) is 15.5. The summed E-state index contributed by atoms with van der Waals surface area (Å²) in [4.78, 5) is 0. The highest BCUT2D eigenvalue weighted by Gasteiger charge is 2.13. The molecular weight excluding hydrogens is 316 g/mol. The fraction of sp³-hybridized carbons (Fsp3) is 0.333. The van der Waals surface area contributed by atoms with Gasteiger partial charge in [-0.1, -0.05) is 86.8 Å². The number of rotatable bonds is 7. The summed E-state index contributed by atoms with van der Waals surface area (Å²) >= 11 is 0. The van der Waals surface area contributed by atoms with Crippen LogP contribution in [0.3, 0.4) is 0 Å². The van der Waals surface area contributed by atoms with E-state index in [1.165, 1.54) is 80.7 Å². The lowest BCUT2D eigenvalue weighted by Crippen LogP contribution is -1.98. The molecular formula is C24H28Si. The number of unbranched alkanes of at least 4 members (excludes halogenated alkanes) is 2. The topological polar surface area (TPSA) is 0 Å². The van der Waals surface area contributed by atoms with Crippen LogP contribution in [0.1, 0.15) is 50.5 Å². The summed E-state index contributed by atoms with van der Waals surface area (Å²) in [6.07, 6.45) is 6.81. The lowest BCUT2D eigenvalue weighted by molar-refractivity contribution is 0.554. The Morgan fingerprint density at radius 1 is 0.760 bits per heavy atom. The van der Waals surface area contributed by atoms with Crippen molar-refractivity contribution in [3.63, 3.8) is 0 Å². The van der Waals surface area contributed by atoms with Crippen LogP contribution in [0, 0.1) is 0 Å². The second-order valence-corrected chi connectivity index (χ2v) is 8.51. The predicted octanol–water partition coefficient (Wildman–Crippen LogP) is 6.42. The molecule has 1 heteroatoms.